The second-order valence-corrected chi connectivity index (χ2v) is 8.19. The van der Waals surface area contributed by atoms with E-state index in [-0.39, 0.29) is 17.9 Å². The van der Waals surface area contributed by atoms with Crippen molar-refractivity contribution in [1.82, 2.24) is 25.4 Å². The van der Waals surface area contributed by atoms with Gasteiger partial charge in [-0.25, -0.2) is 9.18 Å². The highest BCUT2D eigenvalue weighted by atomic mass is 19.1. The molecule has 3 heterocycles. The van der Waals surface area contributed by atoms with E-state index >= 15 is 0 Å². The number of H-pyrrole nitrogens is 1. The molecule has 0 saturated carbocycles. The van der Waals surface area contributed by atoms with Gasteiger partial charge in [0.15, 0.2) is 0 Å². The van der Waals surface area contributed by atoms with E-state index in [0.29, 0.717) is 6.54 Å². The number of halogens is 1. The predicted octanol–water partition coefficient (Wildman–Crippen LogP) is 3.15. The van der Waals surface area contributed by atoms with E-state index in [4.69, 9.17) is 0 Å². The maximum absolute atomic E-state index is 13.6. The van der Waals surface area contributed by atoms with Crippen LogP contribution in [0.3, 0.4) is 0 Å². The molecule has 2 amide bonds. The molecule has 2 unspecified atom stereocenters. The van der Waals surface area contributed by atoms with Gasteiger partial charge >= 0.3 is 6.03 Å². The van der Waals surface area contributed by atoms with Crippen LogP contribution < -0.4 is 10.6 Å². The molecule has 3 N–H and O–H groups in total. The molecule has 2 aliphatic rings. The summed E-state index contributed by atoms with van der Waals surface area (Å²) < 4.78 is 13.6. The first kappa shape index (κ1) is 19.1. The third-order valence-electron chi connectivity index (χ3n) is 6.48. The lowest BCUT2D eigenvalue weighted by Gasteiger charge is -2.48. The largest absolute Gasteiger partial charge is 0.357 e. The molecular weight excluding hydrogens is 381 g/mol. The summed E-state index contributed by atoms with van der Waals surface area (Å²) in [6.07, 6.45) is 0. The molecule has 2 fully saturated rings. The highest BCUT2D eigenvalue weighted by molar-refractivity contribution is 5.82. The molecule has 0 aliphatic carbocycles. The van der Waals surface area contributed by atoms with Crippen LogP contribution in [0.4, 0.5) is 9.18 Å². The monoisotopic (exact) mass is 407 g/mol. The number of rotatable bonds is 4. The molecule has 0 spiro atoms. The Morgan fingerprint density at radius 1 is 1.07 bits per heavy atom. The van der Waals surface area contributed by atoms with Crippen molar-refractivity contribution in [2.45, 2.75) is 18.6 Å². The Kier molecular flexibility index (Phi) is 4.72. The van der Waals surface area contributed by atoms with Gasteiger partial charge in [-0.15, -0.1) is 0 Å². The Balaban J connectivity index is 1.50. The first-order valence-corrected chi connectivity index (χ1v) is 10.4. The first-order valence-electron chi connectivity index (χ1n) is 10.4. The van der Waals surface area contributed by atoms with E-state index < -0.39 is 5.66 Å². The number of aromatic nitrogens is 1. The van der Waals surface area contributed by atoms with Crippen LogP contribution in [0.1, 0.15) is 24.2 Å². The first-order chi connectivity index (χ1) is 14.6. The minimum Gasteiger partial charge on any atom is -0.357 e. The summed E-state index contributed by atoms with van der Waals surface area (Å²) in [5.41, 5.74) is 2.30. The molecule has 156 valence electrons. The zero-order chi connectivity index (χ0) is 20.7. The molecule has 30 heavy (non-hydrogen) atoms. The minimum atomic E-state index is -0.666. The van der Waals surface area contributed by atoms with Crippen molar-refractivity contribution in [3.8, 4) is 0 Å². The van der Waals surface area contributed by atoms with Gasteiger partial charge in [0.2, 0.25) is 0 Å². The molecule has 3 aromatic rings. The number of aromatic amines is 1. The molecule has 2 atom stereocenters. The molecule has 1 aromatic heterocycles. The van der Waals surface area contributed by atoms with Gasteiger partial charge in [-0.2, -0.15) is 0 Å². The molecule has 2 saturated heterocycles. The molecule has 5 rings (SSSR count). The normalized spacial score (nSPS) is 22.3. The van der Waals surface area contributed by atoms with Gasteiger partial charge in [-0.3, -0.25) is 9.80 Å². The summed E-state index contributed by atoms with van der Waals surface area (Å²) in [6, 6.07) is 16.5. The summed E-state index contributed by atoms with van der Waals surface area (Å²) in [5, 5.41) is 7.65. The molecule has 2 aromatic carbocycles. The van der Waals surface area contributed by atoms with Crippen LogP contribution in [-0.2, 0) is 5.66 Å². The van der Waals surface area contributed by atoms with Crippen molar-refractivity contribution in [2.75, 3.05) is 32.7 Å². The van der Waals surface area contributed by atoms with Crippen molar-refractivity contribution in [1.29, 1.82) is 0 Å². The number of carbonyl (C=O) groups excluding carboxylic acids is 1. The van der Waals surface area contributed by atoms with Gasteiger partial charge in [0, 0.05) is 37.4 Å². The van der Waals surface area contributed by atoms with Crippen molar-refractivity contribution < 1.29 is 9.18 Å². The maximum Gasteiger partial charge on any atom is 0.319 e. The highest BCUT2D eigenvalue weighted by Gasteiger charge is 2.47. The van der Waals surface area contributed by atoms with Crippen molar-refractivity contribution >= 4 is 16.9 Å². The molecule has 2 aliphatic heterocycles. The molecule has 0 bridgehead atoms. The van der Waals surface area contributed by atoms with E-state index in [9.17, 15) is 9.18 Å². The van der Waals surface area contributed by atoms with Gasteiger partial charge in [0.25, 0.3) is 0 Å². The van der Waals surface area contributed by atoms with Crippen molar-refractivity contribution in [3.05, 3.63) is 71.7 Å². The Morgan fingerprint density at radius 3 is 2.53 bits per heavy atom. The Labute approximate surface area is 175 Å². The Morgan fingerprint density at radius 2 is 1.80 bits per heavy atom. The SMILES string of the molecule is CC(c1ccc(F)cc1)(N1CCNCC1)N1CC(c2cc3ccccc3[nH]2)NC1=O. The zero-order valence-electron chi connectivity index (χ0n) is 17.0. The van der Waals surface area contributed by atoms with Gasteiger partial charge in [0.1, 0.15) is 11.5 Å². The fourth-order valence-corrected chi connectivity index (χ4v) is 4.75. The van der Waals surface area contributed by atoms with Crippen LogP contribution in [-0.4, -0.2) is 53.5 Å². The predicted molar refractivity (Wildman–Crippen MR) is 114 cm³/mol. The van der Waals surface area contributed by atoms with E-state index in [1.165, 1.54) is 12.1 Å². The summed E-state index contributed by atoms with van der Waals surface area (Å²) in [5.74, 6) is -0.275. The maximum atomic E-state index is 13.6. The number of hydrogen-bond donors (Lipinski definition) is 3. The van der Waals surface area contributed by atoms with E-state index in [2.05, 4.69) is 39.6 Å². The van der Waals surface area contributed by atoms with Crippen LogP contribution in [0.25, 0.3) is 10.9 Å². The second kappa shape index (κ2) is 7.41. The number of nitrogens with one attached hydrogen (secondary N) is 3. The van der Waals surface area contributed by atoms with E-state index in [1.807, 2.05) is 23.1 Å². The van der Waals surface area contributed by atoms with Crippen LogP contribution in [0.15, 0.2) is 54.6 Å². The third kappa shape index (κ3) is 3.14. The summed E-state index contributed by atoms with van der Waals surface area (Å²) >= 11 is 0. The topological polar surface area (TPSA) is 63.4 Å². The van der Waals surface area contributed by atoms with Gasteiger partial charge in [-0.05, 0) is 42.1 Å². The number of hydrogen-bond acceptors (Lipinski definition) is 3. The number of nitrogens with zero attached hydrogens (tertiary/aromatic N) is 2. The van der Waals surface area contributed by atoms with Crippen LogP contribution >= 0.6 is 0 Å². The van der Waals surface area contributed by atoms with Crippen LogP contribution in [0.5, 0.6) is 0 Å². The number of carbonyl (C=O) groups is 1. The molecule has 7 heteroatoms. The van der Waals surface area contributed by atoms with Crippen LogP contribution in [0, 0.1) is 5.82 Å². The fraction of sp³-hybridized carbons (Fsp3) is 0.348. The van der Waals surface area contributed by atoms with Crippen molar-refractivity contribution in [2.24, 2.45) is 0 Å². The van der Waals surface area contributed by atoms with E-state index in [0.717, 1.165) is 48.3 Å². The average Bonchev–Trinajstić information content (AvgIpc) is 3.38. The van der Waals surface area contributed by atoms with Gasteiger partial charge < -0.3 is 15.6 Å². The third-order valence-corrected chi connectivity index (χ3v) is 6.48. The lowest BCUT2D eigenvalue weighted by Crippen LogP contribution is -2.61. The molecular formula is C23H26FN5O. The van der Waals surface area contributed by atoms with Gasteiger partial charge in [-0.1, -0.05) is 30.3 Å². The smallest absolute Gasteiger partial charge is 0.319 e. The number of para-hydroxylation sites is 1. The number of amides is 2. The fourth-order valence-electron chi connectivity index (χ4n) is 4.75. The lowest BCUT2D eigenvalue weighted by molar-refractivity contribution is -0.0232. The second-order valence-electron chi connectivity index (χ2n) is 8.19. The van der Waals surface area contributed by atoms with Crippen molar-refractivity contribution in [3.63, 3.8) is 0 Å². The Hall–Kier alpha value is -2.90. The summed E-state index contributed by atoms with van der Waals surface area (Å²) in [4.78, 5) is 20.8. The van der Waals surface area contributed by atoms with E-state index in [1.54, 1.807) is 12.1 Å². The average molecular weight is 407 g/mol. The number of benzene rings is 2. The standard InChI is InChI=1S/C23H26FN5O/c1-23(28-12-10-25-11-13-28,17-6-8-18(24)9-7-17)29-15-21(27-22(29)30)20-14-16-4-2-3-5-19(16)26-20/h2-9,14,21,25-26H,10-13,15H2,1H3,(H,27,30). The summed E-state index contributed by atoms with van der Waals surface area (Å²) in [6.45, 7) is 5.95. The van der Waals surface area contributed by atoms with Crippen LogP contribution in [0.2, 0.25) is 0 Å². The van der Waals surface area contributed by atoms with Gasteiger partial charge in [0.05, 0.1) is 12.6 Å². The molecule has 6 nitrogen and oxygen atoms in total. The summed E-state index contributed by atoms with van der Waals surface area (Å²) in [7, 11) is 0. The number of urea groups is 1. The Bertz CT molecular complexity index is 1030. The number of fused-ring (bicyclic) bond motifs is 1. The highest BCUT2D eigenvalue weighted by Crippen LogP contribution is 2.37. The quantitative estimate of drug-likeness (QED) is 0.623. The zero-order valence-corrected chi connectivity index (χ0v) is 17.0. The lowest BCUT2D eigenvalue weighted by atomic mass is 9.96. The number of piperazine rings is 1. The molecule has 0 radical (unpaired) electrons. The minimum absolute atomic E-state index is 0.107.